The molecule has 1 amide bonds. The van der Waals surface area contributed by atoms with Gasteiger partial charge in [0.05, 0.1) is 0 Å². The van der Waals surface area contributed by atoms with Gasteiger partial charge in [0.25, 0.3) is 0 Å². The lowest BCUT2D eigenvalue weighted by atomic mass is 10.2. The van der Waals surface area contributed by atoms with Crippen LogP contribution in [0.2, 0.25) is 0 Å². The molecule has 0 saturated heterocycles. The topological polar surface area (TPSA) is 92.1 Å². The molecule has 6 nitrogen and oxygen atoms in total. The van der Waals surface area contributed by atoms with Crippen molar-refractivity contribution in [3.05, 3.63) is 52.4 Å². The number of hydrogen-bond donors (Lipinski definition) is 0. The monoisotopic (exact) mass is 231 g/mol. The van der Waals surface area contributed by atoms with Crippen LogP contribution < -0.4 is 4.74 Å². The Morgan fingerprint density at radius 1 is 1.35 bits per heavy atom. The molecule has 0 N–H and O–H groups in total. The summed E-state index contributed by atoms with van der Waals surface area (Å²) in [5, 5.41) is 2.93. The molecule has 0 spiro atoms. The number of carbonyl (C=O) groups excluding carboxylic acids is 2. The molecular formula is C11H9N3O3. The van der Waals surface area contributed by atoms with E-state index < -0.39 is 11.9 Å². The Balaban J connectivity index is 2.81. The van der Waals surface area contributed by atoms with Crippen LogP contribution in [0.5, 0.6) is 5.75 Å². The molecular weight excluding hydrogens is 222 g/mol. The molecule has 0 fully saturated rings. The molecule has 0 saturated carbocycles. The summed E-state index contributed by atoms with van der Waals surface area (Å²) in [5.74, 6) is -0.945. The minimum absolute atomic E-state index is 0.220. The van der Waals surface area contributed by atoms with Gasteiger partial charge in [0.15, 0.2) is 0 Å². The van der Waals surface area contributed by atoms with E-state index in [-0.39, 0.29) is 16.9 Å². The van der Waals surface area contributed by atoms with Crippen LogP contribution in [-0.4, -0.2) is 11.9 Å². The first kappa shape index (κ1) is 12.5. The predicted molar refractivity (Wildman–Crippen MR) is 60.4 cm³/mol. The van der Waals surface area contributed by atoms with E-state index >= 15 is 0 Å². The van der Waals surface area contributed by atoms with Crippen LogP contribution in [0.3, 0.4) is 0 Å². The molecule has 1 aromatic carbocycles. The minimum Gasteiger partial charge on any atom is -0.423 e. The molecule has 0 radical (unpaired) electrons. The third kappa shape index (κ3) is 3.48. The van der Waals surface area contributed by atoms with E-state index in [0.29, 0.717) is 0 Å². The third-order valence-electron chi connectivity index (χ3n) is 1.80. The molecule has 0 aliphatic carbocycles. The van der Waals surface area contributed by atoms with Gasteiger partial charge in [-0.15, -0.1) is 0 Å². The van der Waals surface area contributed by atoms with Crippen molar-refractivity contribution in [1.82, 2.24) is 0 Å². The molecule has 17 heavy (non-hydrogen) atoms. The number of esters is 1. The van der Waals surface area contributed by atoms with Gasteiger partial charge in [-0.3, -0.25) is 4.79 Å². The second-order valence-corrected chi connectivity index (χ2v) is 3.19. The minimum atomic E-state index is -0.690. The van der Waals surface area contributed by atoms with Gasteiger partial charge in [-0.1, -0.05) is 6.58 Å². The first-order valence-electron chi connectivity index (χ1n) is 4.62. The first-order valence-corrected chi connectivity index (χ1v) is 4.62. The fraction of sp³-hybridized carbons (Fsp3) is 0.0909. The molecule has 86 valence electrons. The normalized spacial score (nSPS) is 9.00. The summed E-state index contributed by atoms with van der Waals surface area (Å²) in [5.41, 5.74) is 8.59. The zero-order valence-corrected chi connectivity index (χ0v) is 9.08. The fourth-order valence-electron chi connectivity index (χ4n) is 0.958. The molecule has 6 heteroatoms. The van der Waals surface area contributed by atoms with Crippen LogP contribution in [0, 0.1) is 0 Å². The number of hydrogen-bond acceptors (Lipinski definition) is 3. The van der Waals surface area contributed by atoms with Crippen LogP contribution in [0.15, 0.2) is 41.5 Å². The van der Waals surface area contributed by atoms with Gasteiger partial charge in [-0.25, -0.2) is 4.79 Å². The van der Waals surface area contributed by atoms with Gasteiger partial charge in [0.2, 0.25) is 5.91 Å². The van der Waals surface area contributed by atoms with Gasteiger partial charge in [-0.2, -0.15) is 0 Å². The number of ether oxygens (including phenoxy) is 1. The van der Waals surface area contributed by atoms with E-state index in [4.69, 9.17) is 10.3 Å². The fourth-order valence-corrected chi connectivity index (χ4v) is 0.958. The summed E-state index contributed by atoms with van der Waals surface area (Å²) in [6, 6.07) is 5.66. The molecule has 1 rings (SSSR count). The van der Waals surface area contributed by atoms with Crippen LogP contribution in [-0.2, 0) is 4.79 Å². The second kappa shape index (κ2) is 5.48. The van der Waals surface area contributed by atoms with Crippen molar-refractivity contribution in [3.8, 4) is 5.75 Å². The van der Waals surface area contributed by atoms with Crippen molar-refractivity contribution in [3.63, 3.8) is 0 Å². The average Bonchev–Trinajstić information content (AvgIpc) is 2.30. The van der Waals surface area contributed by atoms with Crippen LogP contribution in [0.4, 0.5) is 0 Å². The summed E-state index contributed by atoms with van der Waals surface area (Å²) < 4.78 is 4.92. The smallest absolute Gasteiger partial charge is 0.338 e. The summed E-state index contributed by atoms with van der Waals surface area (Å²) >= 11 is 0. The SMILES string of the molecule is C=C(C)C(=O)Oc1ccc(C(=O)N=[N+]=[N-])cc1. The Hall–Kier alpha value is -2.59. The summed E-state index contributed by atoms with van der Waals surface area (Å²) in [6.07, 6.45) is 0. The van der Waals surface area contributed by atoms with Gasteiger partial charge in [0.1, 0.15) is 5.75 Å². The molecule has 0 atom stereocenters. The molecule has 0 heterocycles. The van der Waals surface area contributed by atoms with E-state index in [0.717, 1.165) is 0 Å². The first-order chi connectivity index (χ1) is 8.04. The molecule has 0 bridgehead atoms. The van der Waals surface area contributed by atoms with Gasteiger partial charge in [0, 0.05) is 16.0 Å². The lowest BCUT2D eigenvalue weighted by Crippen LogP contribution is -2.08. The summed E-state index contributed by atoms with van der Waals surface area (Å²) in [7, 11) is 0. The highest BCUT2D eigenvalue weighted by molar-refractivity contribution is 5.95. The van der Waals surface area contributed by atoms with E-state index in [2.05, 4.69) is 16.6 Å². The molecule has 0 aliphatic rings. The van der Waals surface area contributed by atoms with Crippen molar-refractivity contribution in [1.29, 1.82) is 0 Å². The van der Waals surface area contributed by atoms with Crippen LogP contribution >= 0.6 is 0 Å². The van der Waals surface area contributed by atoms with Crippen molar-refractivity contribution < 1.29 is 14.3 Å². The van der Waals surface area contributed by atoms with Crippen LogP contribution in [0.1, 0.15) is 17.3 Å². The Morgan fingerprint density at radius 2 is 1.94 bits per heavy atom. The lowest BCUT2D eigenvalue weighted by Gasteiger charge is -2.03. The molecule has 0 aromatic heterocycles. The van der Waals surface area contributed by atoms with Gasteiger partial charge in [-0.05, 0) is 41.8 Å². The lowest BCUT2D eigenvalue weighted by molar-refractivity contribution is -0.130. The molecule has 0 unspecified atom stereocenters. The quantitative estimate of drug-likeness (QED) is 0.200. The Morgan fingerprint density at radius 3 is 2.41 bits per heavy atom. The maximum atomic E-state index is 11.2. The maximum Gasteiger partial charge on any atom is 0.338 e. The van der Waals surface area contributed by atoms with E-state index in [9.17, 15) is 9.59 Å². The van der Waals surface area contributed by atoms with Crippen LogP contribution in [0.25, 0.3) is 10.4 Å². The number of nitrogens with zero attached hydrogens (tertiary/aromatic N) is 3. The Bertz CT molecular complexity index is 513. The predicted octanol–water partition coefficient (Wildman–Crippen LogP) is 2.62. The number of amides is 1. The maximum absolute atomic E-state index is 11.2. The average molecular weight is 231 g/mol. The van der Waals surface area contributed by atoms with Crippen molar-refractivity contribution in [2.24, 2.45) is 5.11 Å². The number of rotatable bonds is 3. The van der Waals surface area contributed by atoms with Gasteiger partial charge < -0.3 is 4.74 Å². The van der Waals surface area contributed by atoms with Crippen molar-refractivity contribution >= 4 is 11.9 Å². The zero-order chi connectivity index (χ0) is 12.8. The summed E-state index contributed by atoms with van der Waals surface area (Å²) in [4.78, 5) is 24.7. The Labute approximate surface area is 97.1 Å². The summed E-state index contributed by atoms with van der Waals surface area (Å²) in [6.45, 7) is 4.97. The standard InChI is InChI=1S/C11H9N3O3/c1-7(2)11(16)17-9-5-3-8(4-6-9)10(15)13-14-12/h3-6H,1H2,2H3. The largest absolute Gasteiger partial charge is 0.423 e. The highest BCUT2D eigenvalue weighted by Gasteiger charge is 2.07. The van der Waals surface area contributed by atoms with E-state index in [1.807, 2.05) is 0 Å². The number of carbonyl (C=O) groups is 2. The van der Waals surface area contributed by atoms with E-state index in [1.165, 1.54) is 31.2 Å². The Kier molecular flexibility index (Phi) is 4.02. The highest BCUT2D eigenvalue weighted by atomic mass is 16.5. The second-order valence-electron chi connectivity index (χ2n) is 3.19. The zero-order valence-electron chi connectivity index (χ0n) is 9.08. The number of azide groups is 1. The number of benzene rings is 1. The highest BCUT2D eigenvalue weighted by Crippen LogP contribution is 2.14. The molecule has 0 aliphatic heterocycles. The third-order valence-corrected chi connectivity index (χ3v) is 1.80. The molecule has 1 aromatic rings. The van der Waals surface area contributed by atoms with Gasteiger partial charge >= 0.3 is 5.97 Å². The van der Waals surface area contributed by atoms with Crippen molar-refractivity contribution in [2.45, 2.75) is 6.92 Å². The van der Waals surface area contributed by atoms with E-state index in [1.54, 1.807) is 0 Å². The van der Waals surface area contributed by atoms with Crippen molar-refractivity contribution in [2.75, 3.05) is 0 Å².